The van der Waals surface area contributed by atoms with Gasteiger partial charge in [-0.05, 0) is 20.3 Å². The lowest BCUT2D eigenvalue weighted by Gasteiger charge is -2.22. The minimum Gasteiger partial charge on any atom is -0.462 e. The fourth-order valence-electron chi connectivity index (χ4n) is 1.99. The van der Waals surface area contributed by atoms with Crippen molar-refractivity contribution in [3.63, 3.8) is 0 Å². The van der Waals surface area contributed by atoms with Crippen LogP contribution in [0, 0.1) is 0 Å². The molecule has 0 atom stereocenters. The molecule has 1 amide bonds. The maximum atomic E-state index is 11.9. The molecule has 0 bridgehead atoms. The van der Waals surface area contributed by atoms with Crippen molar-refractivity contribution in [1.29, 1.82) is 0 Å². The van der Waals surface area contributed by atoms with Crippen molar-refractivity contribution in [1.82, 2.24) is 0 Å². The molecule has 1 rings (SSSR count). The van der Waals surface area contributed by atoms with E-state index in [1.54, 1.807) is 6.92 Å². The van der Waals surface area contributed by atoms with Gasteiger partial charge < -0.3 is 21.1 Å². The smallest absolute Gasteiger partial charge is 0.350 e. The summed E-state index contributed by atoms with van der Waals surface area (Å²) in [5, 5.41) is 0.652. The second-order valence-corrected chi connectivity index (χ2v) is 5.54. The average molecular weight is 313 g/mol. The molecule has 0 unspecified atom stereocenters. The van der Waals surface area contributed by atoms with Gasteiger partial charge in [-0.15, -0.1) is 11.3 Å². The van der Waals surface area contributed by atoms with Crippen LogP contribution in [0.3, 0.4) is 0 Å². The van der Waals surface area contributed by atoms with Crippen molar-refractivity contribution >= 4 is 33.9 Å². The highest BCUT2D eigenvalue weighted by atomic mass is 32.1. The number of ether oxygens (including phenoxy) is 1. The molecule has 4 N–H and O–H groups in total. The second kappa shape index (κ2) is 7.87. The van der Waals surface area contributed by atoms with E-state index in [-0.39, 0.29) is 22.7 Å². The zero-order chi connectivity index (χ0) is 16.0. The molecule has 0 fully saturated rings. The number of rotatable bonds is 8. The highest BCUT2D eigenvalue weighted by Crippen LogP contribution is 2.38. The lowest BCUT2D eigenvalue weighted by molar-refractivity contribution is 0.0533. The molecule has 6 nitrogen and oxygen atoms in total. The van der Waals surface area contributed by atoms with Crippen LogP contribution in [0.15, 0.2) is 0 Å². The predicted molar refractivity (Wildman–Crippen MR) is 86.0 cm³/mol. The predicted octanol–water partition coefficient (Wildman–Crippen LogP) is 2.23. The number of nitrogen functional groups attached to an aromatic ring is 1. The van der Waals surface area contributed by atoms with Crippen LogP contribution in [-0.4, -0.2) is 31.6 Å². The van der Waals surface area contributed by atoms with Gasteiger partial charge >= 0.3 is 5.97 Å². The fourth-order valence-corrected chi connectivity index (χ4v) is 3.20. The standard InChI is InChI=1S/C14H23N3O3S/c1-4-7-8-17(5-2)13-9(12(16)18)10(15)11(21-13)14(19)20-6-3/h4-8,15H2,1-3H3,(H2,16,18). The summed E-state index contributed by atoms with van der Waals surface area (Å²) < 4.78 is 4.97. The lowest BCUT2D eigenvalue weighted by Crippen LogP contribution is -2.26. The quantitative estimate of drug-likeness (QED) is 0.717. The van der Waals surface area contributed by atoms with Crippen LogP contribution < -0.4 is 16.4 Å². The number of primary amides is 1. The summed E-state index contributed by atoms with van der Waals surface area (Å²) in [5.41, 5.74) is 11.7. The number of carbonyl (C=O) groups excluding carboxylic acids is 2. The van der Waals surface area contributed by atoms with Crippen molar-refractivity contribution in [3.05, 3.63) is 10.4 Å². The molecule has 0 saturated heterocycles. The second-order valence-electron chi connectivity index (χ2n) is 4.54. The number of hydrogen-bond acceptors (Lipinski definition) is 6. The third-order valence-electron chi connectivity index (χ3n) is 3.08. The van der Waals surface area contributed by atoms with E-state index in [9.17, 15) is 9.59 Å². The average Bonchev–Trinajstić information content (AvgIpc) is 2.78. The summed E-state index contributed by atoms with van der Waals surface area (Å²) in [5.74, 6) is -1.13. The molecule has 0 aromatic carbocycles. The van der Waals surface area contributed by atoms with Crippen LogP contribution in [0.1, 0.15) is 53.6 Å². The number of esters is 1. The first-order valence-electron chi connectivity index (χ1n) is 7.11. The summed E-state index contributed by atoms with van der Waals surface area (Å²) in [7, 11) is 0. The van der Waals surface area contributed by atoms with Gasteiger partial charge in [0.25, 0.3) is 5.91 Å². The van der Waals surface area contributed by atoms with Crippen LogP contribution in [-0.2, 0) is 4.74 Å². The maximum Gasteiger partial charge on any atom is 0.350 e. The van der Waals surface area contributed by atoms with Gasteiger partial charge in [0, 0.05) is 13.1 Å². The van der Waals surface area contributed by atoms with E-state index in [0.717, 1.165) is 19.4 Å². The summed E-state index contributed by atoms with van der Waals surface area (Å²) in [4.78, 5) is 25.9. The van der Waals surface area contributed by atoms with E-state index < -0.39 is 11.9 Å². The van der Waals surface area contributed by atoms with Crippen molar-refractivity contribution in [3.8, 4) is 0 Å². The number of amides is 1. The Morgan fingerprint density at radius 1 is 1.29 bits per heavy atom. The molecule has 0 aliphatic rings. The minimum absolute atomic E-state index is 0.121. The lowest BCUT2D eigenvalue weighted by atomic mass is 10.2. The van der Waals surface area contributed by atoms with E-state index in [4.69, 9.17) is 16.2 Å². The van der Waals surface area contributed by atoms with Gasteiger partial charge in [-0.2, -0.15) is 0 Å². The summed E-state index contributed by atoms with van der Waals surface area (Å²) in [6.45, 7) is 7.55. The Kier molecular flexibility index (Phi) is 6.48. The molecule has 0 aliphatic carbocycles. The van der Waals surface area contributed by atoms with Gasteiger partial charge in [0.2, 0.25) is 0 Å². The Balaban J connectivity index is 3.26. The fraction of sp³-hybridized carbons (Fsp3) is 0.571. The van der Waals surface area contributed by atoms with Crippen LogP contribution in [0.4, 0.5) is 10.7 Å². The number of nitrogens with zero attached hydrogens (tertiary/aromatic N) is 1. The SMILES string of the molecule is CCCCN(CC)c1sc(C(=O)OCC)c(N)c1C(N)=O. The van der Waals surface area contributed by atoms with E-state index in [1.807, 2.05) is 11.8 Å². The first-order chi connectivity index (χ1) is 9.97. The third-order valence-corrected chi connectivity index (χ3v) is 4.33. The molecule has 0 spiro atoms. The Labute approximate surface area is 129 Å². The number of nitrogens with two attached hydrogens (primary N) is 2. The minimum atomic E-state index is -0.621. The largest absolute Gasteiger partial charge is 0.462 e. The Hall–Kier alpha value is -1.76. The molecule has 0 aliphatic heterocycles. The van der Waals surface area contributed by atoms with Crippen LogP contribution >= 0.6 is 11.3 Å². The van der Waals surface area contributed by atoms with E-state index in [1.165, 1.54) is 11.3 Å². The molecule has 1 aromatic heterocycles. The van der Waals surface area contributed by atoms with Crippen molar-refractivity contribution in [2.45, 2.75) is 33.6 Å². The third kappa shape index (κ3) is 3.87. The van der Waals surface area contributed by atoms with Gasteiger partial charge in [0.05, 0.1) is 17.9 Å². The zero-order valence-electron chi connectivity index (χ0n) is 12.8. The van der Waals surface area contributed by atoms with Gasteiger partial charge in [0.1, 0.15) is 9.88 Å². The van der Waals surface area contributed by atoms with Crippen LogP contribution in [0.5, 0.6) is 0 Å². The first kappa shape index (κ1) is 17.3. The number of thiophene rings is 1. The molecular formula is C14H23N3O3S. The molecule has 0 radical (unpaired) electrons. The first-order valence-corrected chi connectivity index (χ1v) is 7.93. The number of anilines is 2. The van der Waals surface area contributed by atoms with Gasteiger partial charge in [-0.25, -0.2) is 4.79 Å². The molecule has 1 heterocycles. The molecule has 1 aromatic rings. The van der Waals surface area contributed by atoms with E-state index in [2.05, 4.69) is 6.92 Å². The zero-order valence-corrected chi connectivity index (χ0v) is 13.6. The van der Waals surface area contributed by atoms with Gasteiger partial charge in [-0.3, -0.25) is 4.79 Å². The number of unbranched alkanes of at least 4 members (excludes halogenated alkanes) is 1. The monoisotopic (exact) mass is 313 g/mol. The number of carbonyl (C=O) groups is 2. The summed E-state index contributed by atoms with van der Waals surface area (Å²) >= 11 is 1.17. The Morgan fingerprint density at radius 2 is 1.95 bits per heavy atom. The molecule has 7 heteroatoms. The topological polar surface area (TPSA) is 98.7 Å². The van der Waals surface area contributed by atoms with E-state index >= 15 is 0 Å². The summed E-state index contributed by atoms with van der Waals surface area (Å²) in [6.07, 6.45) is 2.02. The normalized spacial score (nSPS) is 10.4. The van der Waals surface area contributed by atoms with Crippen LogP contribution in [0.2, 0.25) is 0 Å². The Bertz CT molecular complexity index is 514. The number of hydrogen-bond donors (Lipinski definition) is 2. The van der Waals surface area contributed by atoms with Crippen molar-refractivity contribution in [2.75, 3.05) is 30.3 Å². The van der Waals surface area contributed by atoms with Crippen LogP contribution in [0.25, 0.3) is 0 Å². The van der Waals surface area contributed by atoms with Crippen molar-refractivity contribution in [2.24, 2.45) is 5.73 Å². The highest BCUT2D eigenvalue weighted by Gasteiger charge is 2.27. The molecule has 21 heavy (non-hydrogen) atoms. The molecular weight excluding hydrogens is 290 g/mol. The molecule has 0 saturated carbocycles. The maximum absolute atomic E-state index is 11.9. The van der Waals surface area contributed by atoms with Gasteiger partial charge in [-0.1, -0.05) is 13.3 Å². The van der Waals surface area contributed by atoms with Crippen molar-refractivity contribution < 1.29 is 14.3 Å². The van der Waals surface area contributed by atoms with E-state index in [0.29, 0.717) is 11.5 Å². The summed E-state index contributed by atoms with van der Waals surface area (Å²) in [6, 6.07) is 0. The Morgan fingerprint density at radius 3 is 2.43 bits per heavy atom. The van der Waals surface area contributed by atoms with Gasteiger partial charge in [0.15, 0.2) is 0 Å². The highest BCUT2D eigenvalue weighted by molar-refractivity contribution is 7.19. The molecule has 118 valence electrons.